The third-order valence-corrected chi connectivity index (χ3v) is 4.78. The summed E-state index contributed by atoms with van der Waals surface area (Å²) in [7, 11) is -3.21. The molecule has 15 heavy (non-hydrogen) atoms. The van der Waals surface area contributed by atoms with Crippen molar-refractivity contribution < 1.29 is 8.42 Å². The summed E-state index contributed by atoms with van der Waals surface area (Å²) >= 11 is 0. The Kier molecular flexibility index (Phi) is 3.30. The summed E-state index contributed by atoms with van der Waals surface area (Å²) < 4.78 is 27.8. The minimum atomic E-state index is -3.21. The predicted molar refractivity (Wildman–Crippen MR) is 58.6 cm³/mol. The van der Waals surface area contributed by atoms with E-state index < -0.39 is 10.2 Å². The Morgan fingerprint density at radius 2 is 1.93 bits per heavy atom. The van der Waals surface area contributed by atoms with Crippen LogP contribution in [0, 0.1) is 11.8 Å². The Hall–Kier alpha value is -0.170. The van der Waals surface area contributed by atoms with Gasteiger partial charge in [-0.2, -0.15) is 12.7 Å². The summed E-state index contributed by atoms with van der Waals surface area (Å²) in [5, 5.41) is 3.30. The number of nitrogens with zero attached hydrogens (tertiary/aromatic N) is 1. The lowest BCUT2D eigenvalue weighted by Crippen LogP contribution is -2.41. The minimum Gasteiger partial charge on any atom is -0.316 e. The molecule has 2 unspecified atom stereocenters. The Balaban J connectivity index is 1.95. The first-order chi connectivity index (χ1) is 7.13. The van der Waals surface area contributed by atoms with Crippen LogP contribution in [-0.4, -0.2) is 45.4 Å². The molecule has 0 aromatic rings. The van der Waals surface area contributed by atoms with Gasteiger partial charge >= 0.3 is 0 Å². The average molecular weight is 233 g/mol. The highest BCUT2D eigenvalue weighted by atomic mass is 32.2. The lowest BCUT2D eigenvalue weighted by molar-refractivity contribution is 0.438. The van der Waals surface area contributed by atoms with Gasteiger partial charge in [0.05, 0.1) is 0 Å². The zero-order chi connectivity index (χ0) is 10.9. The quantitative estimate of drug-likeness (QED) is 0.680. The number of hydrogen-bond donors (Lipinski definition) is 2. The predicted octanol–water partition coefficient (Wildman–Crippen LogP) is -0.618. The van der Waals surface area contributed by atoms with E-state index in [4.69, 9.17) is 0 Å². The van der Waals surface area contributed by atoms with Gasteiger partial charge in [-0.3, -0.25) is 0 Å². The van der Waals surface area contributed by atoms with E-state index in [1.165, 1.54) is 0 Å². The summed E-state index contributed by atoms with van der Waals surface area (Å²) in [5.74, 6) is 1.03. The van der Waals surface area contributed by atoms with Gasteiger partial charge < -0.3 is 5.32 Å². The van der Waals surface area contributed by atoms with Gasteiger partial charge in [-0.1, -0.05) is 6.92 Å². The van der Waals surface area contributed by atoms with Crippen molar-refractivity contribution in [1.82, 2.24) is 14.3 Å². The molecule has 2 fully saturated rings. The van der Waals surface area contributed by atoms with Gasteiger partial charge in [-0.25, -0.2) is 4.72 Å². The van der Waals surface area contributed by atoms with Gasteiger partial charge in [0.1, 0.15) is 0 Å². The molecule has 0 aromatic carbocycles. The normalized spacial score (nSPS) is 32.1. The van der Waals surface area contributed by atoms with Gasteiger partial charge in [0.2, 0.25) is 0 Å². The van der Waals surface area contributed by atoms with Crippen LogP contribution < -0.4 is 10.0 Å². The topological polar surface area (TPSA) is 61.4 Å². The molecular formula is C9H19N3O2S. The molecule has 0 aromatic heterocycles. The Bertz CT molecular complexity index is 305. The second-order valence-corrected chi connectivity index (χ2v) is 6.15. The maximum Gasteiger partial charge on any atom is 0.279 e. The molecule has 2 aliphatic rings. The molecule has 6 heteroatoms. The van der Waals surface area contributed by atoms with E-state index in [-0.39, 0.29) is 0 Å². The van der Waals surface area contributed by atoms with Crippen LogP contribution in [0.15, 0.2) is 0 Å². The van der Waals surface area contributed by atoms with Crippen molar-refractivity contribution >= 4 is 10.2 Å². The molecule has 0 aliphatic carbocycles. The van der Waals surface area contributed by atoms with Gasteiger partial charge in [0, 0.05) is 19.6 Å². The summed E-state index contributed by atoms with van der Waals surface area (Å²) in [4.78, 5) is 0. The van der Waals surface area contributed by atoms with Crippen molar-refractivity contribution in [3.8, 4) is 0 Å². The van der Waals surface area contributed by atoms with Crippen molar-refractivity contribution in [3.63, 3.8) is 0 Å². The van der Waals surface area contributed by atoms with Crippen molar-refractivity contribution in [2.75, 3.05) is 32.7 Å². The highest BCUT2D eigenvalue weighted by molar-refractivity contribution is 7.87. The van der Waals surface area contributed by atoms with Gasteiger partial charge in [-0.05, 0) is 31.3 Å². The maximum atomic E-state index is 11.8. The van der Waals surface area contributed by atoms with Crippen molar-refractivity contribution in [2.24, 2.45) is 11.8 Å². The maximum absolute atomic E-state index is 11.8. The highest BCUT2D eigenvalue weighted by Crippen LogP contribution is 2.27. The molecule has 0 bridgehead atoms. The standard InChI is InChI=1S/C9H19N3O2S/c1-2-3-11-15(13,14)12-6-8-4-10-5-9(8)7-12/h8-11H,2-7H2,1H3. The molecule has 0 amide bonds. The molecule has 2 aliphatic heterocycles. The smallest absolute Gasteiger partial charge is 0.279 e. The van der Waals surface area contributed by atoms with Crippen LogP contribution in [0.3, 0.4) is 0 Å². The molecule has 0 saturated carbocycles. The third kappa shape index (κ3) is 2.33. The first-order valence-corrected chi connectivity index (χ1v) is 7.03. The first-order valence-electron chi connectivity index (χ1n) is 5.59. The zero-order valence-electron chi connectivity index (χ0n) is 9.07. The zero-order valence-corrected chi connectivity index (χ0v) is 9.89. The SMILES string of the molecule is CCCNS(=O)(=O)N1CC2CNCC2C1. The van der Waals surface area contributed by atoms with E-state index in [2.05, 4.69) is 10.0 Å². The van der Waals surface area contributed by atoms with Crippen LogP contribution in [0.5, 0.6) is 0 Å². The molecule has 0 spiro atoms. The van der Waals surface area contributed by atoms with Crippen LogP contribution in [0.1, 0.15) is 13.3 Å². The Morgan fingerprint density at radius 1 is 1.33 bits per heavy atom. The second kappa shape index (κ2) is 4.37. The van der Waals surface area contributed by atoms with E-state index in [0.29, 0.717) is 31.5 Å². The monoisotopic (exact) mass is 233 g/mol. The molecule has 2 N–H and O–H groups in total. The fraction of sp³-hybridized carbons (Fsp3) is 1.00. The van der Waals surface area contributed by atoms with Gasteiger partial charge in [0.15, 0.2) is 0 Å². The lowest BCUT2D eigenvalue weighted by atomic mass is 10.0. The summed E-state index contributed by atoms with van der Waals surface area (Å²) in [6.45, 7) is 5.78. The van der Waals surface area contributed by atoms with E-state index in [1.807, 2.05) is 6.92 Å². The average Bonchev–Trinajstić information content (AvgIpc) is 2.73. The molecule has 2 saturated heterocycles. The van der Waals surface area contributed by atoms with Crippen LogP contribution in [0.2, 0.25) is 0 Å². The van der Waals surface area contributed by atoms with E-state index in [0.717, 1.165) is 19.5 Å². The highest BCUT2D eigenvalue weighted by Gasteiger charge is 2.40. The fourth-order valence-corrected chi connectivity index (χ4v) is 3.75. The largest absolute Gasteiger partial charge is 0.316 e. The molecule has 2 rings (SSSR count). The number of rotatable bonds is 4. The van der Waals surface area contributed by atoms with Crippen molar-refractivity contribution in [1.29, 1.82) is 0 Å². The van der Waals surface area contributed by atoms with E-state index in [9.17, 15) is 8.42 Å². The molecule has 0 radical (unpaired) electrons. The number of fused-ring (bicyclic) bond motifs is 1. The molecule has 88 valence electrons. The summed E-state index contributed by atoms with van der Waals surface area (Å²) in [6, 6.07) is 0. The minimum absolute atomic E-state index is 0.517. The van der Waals surface area contributed by atoms with Crippen LogP contribution in [0.4, 0.5) is 0 Å². The summed E-state index contributed by atoms with van der Waals surface area (Å²) in [5.41, 5.74) is 0. The van der Waals surface area contributed by atoms with Crippen LogP contribution in [0.25, 0.3) is 0 Å². The summed E-state index contributed by atoms with van der Waals surface area (Å²) in [6.07, 6.45) is 0.835. The van der Waals surface area contributed by atoms with E-state index in [1.54, 1.807) is 4.31 Å². The second-order valence-electron chi connectivity index (χ2n) is 4.39. The number of hydrogen-bond acceptors (Lipinski definition) is 3. The Morgan fingerprint density at radius 3 is 2.47 bits per heavy atom. The number of nitrogens with one attached hydrogen (secondary N) is 2. The third-order valence-electron chi connectivity index (χ3n) is 3.23. The van der Waals surface area contributed by atoms with Gasteiger partial charge in [0.25, 0.3) is 10.2 Å². The fourth-order valence-electron chi connectivity index (χ4n) is 2.33. The first kappa shape index (κ1) is 11.3. The Labute approximate surface area is 91.4 Å². The van der Waals surface area contributed by atoms with Crippen LogP contribution in [-0.2, 0) is 10.2 Å². The van der Waals surface area contributed by atoms with Crippen molar-refractivity contribution in [2.45, 2.75) is 13.3 Å². The molecular weight excluding hydrogens is 214 g/mol. The molecule has 2 atom stereocenters. The molecule has 5 nitrogen and oxygen atoms in total. The lowest BCUT2D eigenvalue weighted by Gasteiger charge is -2.17. The van der Waals surface area contributed by atoms with E-state index >= 15 is 0 Å². The molecule has 2 heterocycles. The van der Waals surface area contributed by atoms with Crippen LogP contribution >= 0.6 is 0 Å². The van der Waals surface area contributed by atoms with Crippen molar-refractivity contribution in [3.05, 3.63) is 0 Å². The van der Waals surface area contributed by atoms with Gasteiger partial charge in [-0.15, -0.1) is 0 Å².